The Bertz CT molecular complexity index is 1200. The lowest BCUT2D eigenvalue weighted by Crippen LogP contribution is -2.42. The first-order valence-electron chi connectivity index (χ1n) is 12.8. The summed E-state index contributed by atoms with van der Waals surface area (Å²) in [6.45, 7) is 2.54. The van der Waals surface area contributed by atoms with Crippen LogP contribution in [-0.2, 0) is 11.2 Å². The molecule has 0 aliphatic carbocycles. The van der Waals surface area contributed by atoms with Crippen LogP contribution in [0.3, 0.4) is 0 Å². The van der Waals surface area contributed by atoms with E-state index in [1.807, 2.05) is 42.5 Å². The maximum Gasteiger partial charge on any atom is 0.303 e. The normalized spacial score (nSPS) is 19.1. The molecule has 2 aromatic carbocycles. The Kier molecular flexibility index (Phi) is 9.65. The second-order valence-corrected chi connectivity index (χ2v) is 10.7. The summed E-state index contributed by atoms with van der Waals surface area (Å²) in [7, 11) is 1.62. The zero-order chi connectivity index (χ0) is 26.4. The minimum absolute atomic E-state index is 0.0524. The van der Waals surface area contributed by atoms with Crippen molar-refractivity contribution in [1.29, 1.82) is 0 Å². The molecule has 1 aliphatic heterocycles. The summed E-state index contributed by atoms with van der Waals surface area (Å²) in [6, 6.07) is 13.1. The first-order valence-corrected chi connectivity index (χ1v) is 13.6. The van der Waals surface area contributed by atoms with Crippen LogP contribution in [0.1, 0.15) is 49.3 Å². The van der Waals surface area contributed by atoms with Crippen LogP contribution in [-0.4, -0.2) is 52.8 Å². The second-order valence-electron chi connectivity index (χ2n) is 9.89. The van der Waals surface area contributed by atoms with Crippen LogP contribution in [0.5, 0.6) is 5.75 Å². The lowest BCUT2D eigenvalue weighted by Gasteiger charge is -2.38. The fourth-order valence-corrected chi connectivity index (χ4v) is 6.12. The molecule has 0 spiro atoms. The Morgan fingerprint density at radius 1 is 1.19 bits per heavy atom. The standard InChI is InChI=1S/C29H34Cl2N2O4/c1-37-21-8-9-27-24(17-21)22(11-13-32-27)28(34)10-7-19-12-15-33(18-20(19)16-29(35)36)14-3-4-23-25(30)5-2-6-26(23)31/h2,5-6,8-9,11,13,17,19-20,28,34H,3-4,7,10,12,14-16,18H2,1H3,(H,35,36)/t19-,20+,28-/m1/s1. The molecule has 8 heteroatoms. The summed E-state index contributed by atoms with van der Waals surface area (Å²) < 4.78 is 5.36. The van der Waals surface area contributed by atoms with Crippen molar-refractivity contribution >= 4 is 40.1 Å². The smallest absolute Gasteiger partial charge is 0.303 e. The van der Waals surface area contributed by atoms with Gasteiger partial charge in [-0.25, -0.2) is 0 Å². The van der Waals surface area contributed by atoms with Crippen molar-refractivity contribution in [2.24, 2.45) is 11.8 Å². The molecular formula is C29H34Cl2N2O4. The number of hydrogen-bond donors (Lipinski definition) is 2. The molecule has 1 saturated heterocycles. The zero-order valence-electron chi connectivity index (χ0n) is 21.1. The number of benzene rings is 2. The molecule has 4 rings (SSSR count). The van der Waals surface area contributed by atoms with Crippen molar-refractivity contribution in [2.45, 2.75) is 44.6 Å². The number of methoxy groups -OCH3 is 1. The number of carboxylic acids is 1. The predicted molar refractivity (Wildman–Crippen MR) is 148 cm³/mol. The van der Waals surface area contributed by atoms with Gasteiger partial charge in [-0.2, -0.15) is 0 Å². The summed E-state index contributed by atoms with van der Waals surface area (Å²) in [5, 5.41) is 22.9. The van der Waals surface area contributed by atoms with Crippen LogP contribution >= 0.6 is 23.2 Å². The molecule has 3 aromatic rings. The number of halogens is 2. The summed E-state index contributed by atoms with van der Waals surface area (Å²) in [5.41, 5.74) is 2.61. The maximum absolute atomic E-state index is 11.6. The van der Waals surface area contributed by atoms with E-state index in [-0.39, 0.29) is 18.3 Å². The van der Waals surface area contributed by atoms with Gasteiger partial charge in [0.25, 0.3) is 0 Å². The van der Waals surface area contributed by atoms with Crippen LogP contribution < -0.4 is 4.74 Å². The number of nitrogens with zero attached hydrogens (tertiary/aromatic N) is 2. The van der Waals surface area contributed by atoms with Crippen molar-refractivity contribution < 1.29 is 19.7 Å². The molecule has 37 heavy (non-hydrogen) atoms. The van der Waals surface area contributed by atoms with Crippen LogP contribution in [0.2, 0.25) is 10.0 Å². The maximum atomic E-state index is 11.6. The van der Waals surface area contributed by atoms with Gasteiger partial charge < -0.3 is 19.8 Å². The molecule has 1 fully saturated rings. The van der Waals surface area contributed by atoms with E-state index in [1.165, 1.54) is 0 Å². The number of piperidine rings is 1. The van der Waals surface area contributed by atoms with Crippen molar-refractivity contribution in [1.82, 2.24) is 9.88 Å². The van der Waals surface area contributed by atoms with Gasteiger partial charge in [-0.15, -0.1) is 0 Å². The summed E-state index contributed by atoms with van der Waals surface area (Å²) in [4.78, 5) is 18.4. The molecule has 1 aromatic heterocycles. The number of aliphatic hydroxyl groups excluding tert-OH is 1. The third kappa shape index (κ3) is 7.14. The molecule has 0 amide bonds. The third-order valence-electron chi connectivity index (χ3n) is 7.53. The van der Waals surface area contributed by atoms with E-state index >= 15 is 0 Å². The molecule has 0 unspecified atom stereocenters. The number of carboxylic acid groups (broad SMARTS) is 1. The van der Waals surface area contributed by atoms with Gasteiger partial charge in [0.15, 0.2) is 0 Å². The van der Waals surface area contributed by atoms with E-state index in [1.54, 1.807) is 13.3 Å². The zero-order valence-corrected chi connectivity index (χ0v) is 22.6. The molecule has 1 aliphatic rings. The Hall–Kier alpha value is -2.38. The van der Waals surface area contributed by atoms with Gasteiger partial charge >= 0.3 is 5.97 Å². The fraction of sp³-hybridized carbons (Fsp3) is 0.448. The number of pyridine rings is 1. The van der Waals surface area contributed by atoms with Crippen LogP contribution in [0.4, 0.5) is 0 Å². The number of aliphatic hydroxyl groups is 1. The highest BCUT2D eigenvalue weighted by molar-refractivity contribution is 6.35. The van der Waals surface area contributed by atoms with Crippen LogP contribution in [0.15, 0.2) is 48.7 Å². The van der Waals surface area contributed by atoms with E-state index in [0.29, 0.717) is 16.5 Å². The molecule has 3 atom stereocenters. The largest absolute Gasteiger partial charge is 0.497 e. The number of aromatic nitrogens is 1. The fourth-order valence-electron chi connectivity index (χ4n) is 5.54. The SMILES string of the molecule is COc1ccc2nccc([C@H](O)CC[C@@H]3CCN(CCCc4c(Cl)cccc4Cl)C[C@@H]3CC(=O)O)c2c1. The molecule has 2 heterocycles. The van der Waals surface area contributed by atoms with Gasteiger partial charge in [0.1, 0.15) is 5.75 Å². The van der Waals surface area contributed by atoms with Crippen LogP contribution in [0.25, 0.3) is 10.9 Å². The number of aliphatic carboxylic acids is 1. The Morgan fingerprint density at radius 3 is 2.70 bits per heavy atom. The highest BCUT2D eigenvalue weighted by Gasteiger charge is 2.31. The summed E-state index contributed by atoms with van der Waals surface area (Å²) in [5.74, 6) is 0.256. The van der Waals surface area contributed by atoms with Gasteiger partial charge in [-0.1, -0.05) is 29.3 Å². The average Bonchev–Trinajstić information content (AvgIpc) is 2.88. The van der Waals surface area contributed by atoms with Crippen LogP contribution in [0, 0.1) is 11.8 Å². The quantitative estimate of drug-likeness (QED) is 0.290. The van der Waals surface area contributed by atoms with Gasteiger partial charge in [-0.05, 0) is 105 Å². The Balaban J connectivity index is 1.35. The average molecular weight is 546 g/mol. The number of likely N-dealkylation sites (tertiary alicyclic amines) is 1. The van der Waals surface area contributed by atoms with Gasteiger partial charge in [0, 0.05) is 34.6 Å². The number of hydrogen-bond acceptors (Lipinski definition) is 5. The lowest BCUT2D eigenvalue weighted by atomic mass is 9.79. The van der Waals surface area contributed by atoms with Crippen molar-refractivity contribution in [2.75, 3.05) is 26.7 Å². The van der Waals surface area contributed by atoms with Crippen molar-refractivity contribution in [3.8, 4) is 5.75 Å². The second kappa shape index (κ2) is 12.9. The summed E-state index contributed by atoms with van der Waals surface area (Å²) >= 11 is 12.6. The van der Waals surface area contributed by atoms with E-state index in [4.69, 9.17) is 27.9 Å². The van der Waals surface area contributed by atoms with E-state index in [0.717, 1.165) is 73.1 Å². The molecule has 198 valence electrons. The van der Waals surface area contributed by atoms with E-state index in [2.05, 4.69) is 9.88 Å². The van der Waals surface area contributed by atoms with Crippen molar-refractivity contribution in [3.05, 3.63) is 69.8 Å². The van der Waals surface area contributed by atoms with Gasteiger partial charge in [0.05, 0.1) is 18.7 Å². The summed E-state index contributed by atoms with van der Waals surface area (Å²) in [6.07, 6.45) is 5.17. The van der Waals surface area contributed by atoms with E-state index < -0.39 is 12.1 Å². The first kappa shape index (κ1) is 27.6. The molecule has 0 radical (unpaired) electrons. The predicted octanol–water partition coefficient (Wildman–Crippen LogP) is 6.41. The highest BCUT2D eigenvalue weighted by atomic mass is 35.5. The minimum atomic E-state index is -0.771. The number of fused-ring (bicyclic) bond motifs is 1. The van der Waals surface area contributed by atoms with Gasteiger partial charge in [-0.3, -0.25) is 9.78 Å². The highest BCUT2D eigenvalue weighted by Crippen LogP contribution is 2.35. The molecule has 0 bridgehead atoms. The molecule has 6 nitrogen and oxygen atoms in total. The lowest BCUT2D eigenvalue weighted by molar-refractivity contribution is -0.139. The van der Waals surface area contributed by atoms with E-state index in [9.17, 15) is 15.0 Å². The topological polar surface area (TPSA) is 82.9 Å². The molecular weight excluding hydrogens is 511 g/mol. The monoisotopic (exact) mass is 544 g/mol. The molecule has 0 saturated carbocycles. The molecule has 2 N–H and O–H groups in total. The number of carbonyl (C=O) groups is 1. The Morgan fingerprint density at radius 2 is 1.97 bits per heavy atom. The van der Waals surface area contributed by atoms with Crippen molar-refractivity contribution in [3.63, 3.8) is 0 Å². The third-order valence-corrected chi connectivity index (χ3v) is 8.24. The number of rotatable bonds is 11. The Labute approximate surface area is 228 Å². The minimum Gasteiger partial charge on any atom is -0.497 e. The first-order chi connectivity index (χ1) is 17.9. The number of ether oxygens (including phenoxy) is 1. The van der Waals surface area contributed by atoms with Gasteiger partial charge in [0.2, 0.25) is 0 Å².